The van der Waals surface area contributed by atoms with Crippen molar-refractivity contribution in [2.45, 2.75) is 46.2 Å². The molecule has 0 aromatic heterocycles. The second-order valence-corrected chi connectivity index (χ2v) is 6.49. The van der Waals surface area contributed by atoms with Gasteiger partial charge in [-0.15, -0.1) is 0 Å². The van der Waals surface area contributed by atoms with Crippen molar-refractivity contribution < 1.29 is 18.0 Å². The Morgan fingerprint density at radius 1 is 1.24 bits per heavy atom. The van der Waals surface area contributed by atoms with Crippen LogP contribution in [0.2, 0.25) is 0 Å². The lowest BCUT2D eigenvalue weighted by molar-refractivity contribution is -0.137. The number of carbonyl (C=O) groups is 1. The van der Waals surface area contributed by atoms with Gasteiger partial charge in [-0.1, -0.05) is 19.9 Å². The number of halogens is 3. The molecule has 114 valence electrons. The number of rotatable bonds is 2. The molecule has 0 saturated carbocycles. The van der Waals surface area contributed by atoms with Crippen molar-refractivity contribution in [1.82, 2.24) is 0 Å². The summed E-state index contributed by atoms with van der Waals surface area (Å²) in [6.45, 7) is 5.91. The Hall–Kier alpha value is -1.58. The molecule has 0 radical (unpaired) electrons. The van der Waals surface area contributed by atoms with Crippen LogP contribution in [0.1, 0.15) is 49.8 Å². The zero-order valence-electron chi connectivity index (χ0n) is 12.5. The maximum absolute atomic E-state index is 12.7. The summed E-state index contributed by atoms with van der Waals surface area (Å²) < 4.78 is 38.2. The summed E-state index contributed by atoms with van der Waals surface area (Å²) >= 11 is 0. The third-order valence-corrected chi connectivity index (χ3v) is 4.14. The topological polar surface area (TPSA) is 17.1 Å². The highest BCUT2D eigenvalue weighted by Gasteiger charge is 2.32. The zero-order valence-corrected chi connectivity index (χ0v) is 12.5. The fourth-order valence-electron chi connectivity index (χ4n) is 2.88. The summed E-state index contributed by atoms with van der Waals surface area (Å²) in [5, 5.41) is 0. The molecule has 0 aliphatic heterocycles. The Morgan fingerprint density at radius 2 is 1.90 bits per heavy atom. The van der Waals surface area contributed by atoms with E-state index < -0.39 is 11.7 Å². The molecule has 1 aliphatic carbocycles. The summed E-state index contributed by atoms with van der Waals surface area (Å²) in [7, 11) is 0. The highest BCUT2D eigenvalue weighted by atomic mass is 19.4. The van der Waals surface area contributed by atoms with Crippen LogP contribution in [-0.2, 0) is 11.0 Å². The molecule has 1 aromatic carbocycles. The van der Waals surface area contributed by atoms with Gasteiger partial charge in [-0.3, -0.25) is 4.79 Å². The number of alkyl halides is 3. The number of hydrogen-bond donors (Lipinski definition) is 0. The Morgan fingerprint density at radius 3 is 2.43 bits per heavy atom. The normalized spacial score (nSPS) is 18.8. The minimum Gasteiger partial charge on any atom is -0.298 e. The smallest absolute Gasteiger partial charge is 0.298 e. The lowest BCUT2D eigenvalue weighted by atomic mass is 9.72. The lowest BCUT2D eigenvalue weighted by Gasteiger charge is -2.32. The quantitative estimate of drug-likeness (QED) is 0.687. The van der Waals surface area contributed by atoms with E-state index in [4.69, 9.17) is 0 Å². The standard InChI is InChI=1S/C17H19F3O/c1-11-8-13(17(18,19)20)4-5-14(11)15-9-16(2,3)7-6-12(15)10-21/h4-5,8,10H,6-7,9H2,1-3H3. The third-order valence-electron chi connectivity index (χ3n) is 4.14. The number of carbonyl (C=O) groups excluding carboxylic acids is 1. The van der Waals surface area contributed by atoms with E-state index in [2.05, 4.69) is 13.8 Å². The lowest BCUT2D eigenvalue weighted by Crippen LogP contribution is -2.19. The Kier molecular flexibility index (Phi) is 4.00. The number of aryl methyl sites for hydroxylation is 1. The van der Waals surface area contributed by atoms with E-state index in [1.807, 2.05) is 0 Å². The van der Waals surface area contributed by atoms with E-state index in [0.29, 0.717) is 18.4 Å². The average Bonchev–Trinajstić information content (AvgIpc) is 2.36. The Labute approximate surface area is 122 Å². The molecule has 0 heterocycles. The van der Waals surface area contributed by atoms with E-state index in [1.165, 1.54) is 6.07 Å². The predicted octanol–water partition coefficient (Wildman–Crippen LogP) is 5.18. The van der Waals surface area contributed by atoms with Crippen molar-refractivity contribution in [3.05, 3.63) is 40.5 Å². The molecule has 0 N–H and O–H groups in total. The minimum atomic E-state index is -4.34. The van der Waals surface area contributed by atoms with Gasteiger partial charge in [-0.2, -0.15) is 13.2 Å². The first kappa shape index (κ1) is 15.8. The number of allylic oxidation sites excluding steroid dienone is 2. The van der Waals surface area contributed by atoms with Crippen LogP contribution in [-0.4, -0.2) is 6.29 Å². The predicted molar refractivity (Wildman–Crippen MR) is 76.8 cm³/mol. The number of aldehydes is 1. The summed E-state index contributed by atoms with van der Waals surface area (Å²) in [4.78, 5) is 11.3. The third kappa shape index (κ3) is 3.36. The minimum absolute atomic E-state index is 0.0665. The SMILES string of the molecule is Cc1cc(C(F)(F)F)ccc1C1=C(C=O)CCC(C)(C)C1. The van der Waals surface area contributed by atoms with E-state index in [0.717, 1.165) is 41.5 Å². The van der Waals surface area contributed by atoms with Crippen LogP contribution in [0.5, 0.6) is 0 Å². The zero-order chi connectivity index (χ0) is 15.8. The van der Waals surface area contributed by atoms with Gasteiger partial charge in [0.25, 0.3) is 0 Å². The molecule has 0 fully saturated rings. The van der Waals surface area contributed by atoms with Crippen molar-refractivity contribution in [2.75, 3.05) is 0 Å². The van der Waals surface area contributed by atoms with E-state index in [1.54, 1.807) is 6.92 Å². The molecule has 2 rings (SSSR count). The van der Waals surface area contributed by atoms with Crippen molar-refractivity contribution >= 4 is 11.9 Å². The molecule has 0 atom stereocenters. The molecular weight excluding hydrogens is 277 g/mol. The molecule has 0 bridgehead atoms. The molecule has 21 heavy (non-hydrogen) atoms. The Balaban J connectivity index is 2.50. The maximum atomic E-state index is 12.7. The van der Waals surface area contributed by atoms with Gasteiger partial charge in [0.15, 0.2) is 0 Å². The van der Waals surface area contributed by atoms with Crippen LogP contribution in [0.15, 0.2) is 23.8 Å². The van der Waals surface area contributed by atoms with Gasteiger partial charge in [-0.25, -0.2) is 0 Å². The highest BCUT2D eigenvalue weighted by molar-refractivity contribution is 5.89. The number of hydrogen-bond acceptors (Lipinski definition) is 1. The summed E-state index contributed by atoms with van der Waals surface area (Å²) in [6, 6.07) is 3.75. The monoisotopic (exact) mass is 296 g/mol. The molecule has 0 unspecified atom stereocenters. The molecular formula is C17H19F3O. The molecule has 1 aliphatic rings. The molecule has 0 spiro atoms. The van der Waals surface area contributed by atoms with Crippen molar-refractivity contribution in [3.63, 3.8) is 0 Å². The van der Waals surface area contributed by atoms with Gasteiger partial charge in [0.05, 0.1) is 5.56 Å². The first-order chi connectivity index (χ1) is 9.64. The average molecular weight is 296 g/mol. The largest absolute Gasteiger partial charge is 0.416 e. The second kappa shape index (κ2) is 5.32. The highest BCUT2D eigenvalue weighted by Crippen LogP contribution is 2.43. The number of benzene rings is 1. The fraction of sp³-hybridized carbons (Fsp3) is 0.471. The molecule has 4 heteroatoms. The van der Waals surface area contributed by atoms with Crippen LogP contribution in [0, 0.1) is 12.3 Å². The maximum Gasteiger partial charge on any atom is 0.416 e. The fourth-order valence-corrected chi connectivity index (χ4v) is 2.88. The van der Waals surface area contributed by atoms with Gasteiger partial charge < -0.3 is 0 Å². The summed E-state index contributed by atoms with van der Waals surface area (Å²) in [6.07, 6.45) is -1.16. The summed E-state index contributed by atoms with van der Waals surface area (Å²) in [5.41, 5.74) is 2.36. The second-order valence-electron chi connectivity index (χ2n) is 6.49. The molecule has 0 saturated heterocycles. The summed E-state index contributed by atoms with van der Waals surface area (Å²) in [5.74, 6) is 0. The van der Waals surface area contributed by atoms with Crippen LogP contribution in [0.4, 0.5) is 13.2 Å². The van der Waals surface area contributed by atoms with Gasteiger partial charge in [0.1, 0.15) is 6.29 Å². The first-order valence-electron chi connectivity index (χ1n) is 6.99. The van der Waals surface area contributed by atoms with Crippen molar-refractivity contribution in [2.24, 2.45) is 5.41 Å². The Bertz CT molecular complexity index is 595. The first-order valence-corrected chi connectivity index (χ1v) is 6.99. The van der Waals surface area contributed by atoms with Crippen LogP contribution >= 0.6 is 0 Å². The van der Waals surface area contributed by atoms with E-state index in [9.17, 15) is 18.0 Å². The van der Waals surface area contributed by atoms with Gasteiger partial charge in [0, 0.05) is 0 Å². The van der Waals surface area contributed by atoms with Crippen molar-refractivity contribution in [3.8, 4) is 0 Å². The van der Waals surface area contributed by atoms with Crippen LogP contribution in [0.3, 0.4) is 0 Å². The molecule has 1 nitrogen and oxygen atoms in total. The molecule has 0 amide bonds. The van der Waals surface area contributed by atoms with Crippen LogP contribution < -0.4 is 0 Å². The van der Waals surface area contributed by atoms with E-state index in [-0.39, 0.29) is 5.41 Å². The van der Waals surface area contributed by atoms with Gasteiger partial charge >= 0.3 is 6.18 Å². The van der Waals surface area contributed by atoms with Crippen molar-refractivity contribution in [1.29, 1.82) is 0 Å². The van der Waals surface area contributed by atoms with Crippen LogP contribution in [0.25, 0.3) is 5.57 Å². The molecule has 1 aromatic rings. The van der Waals surface area contributed by atoms with Gasteiger partial charge in [0.2, 0.25) is 0 Å². The van der Waals surface area contributed by atoms with Gasteiger partial charge in [-0.05, 0) is 66.0 Å². The van der Waals surface area contributed by atoms with E-state index >= 15 is 0 Å².